The summed E-state index contributed by atoms with van der Waals surface area (Å²) in [4.78, 5) is 22.4. The Bertz CT molecular complexity index is 610. The van der Waals surface area contributed by atoms with Crippen LogP contribution in [-0.2, 0) is 4.79 Å². The van der Waals surface area contributed by atoms with Crippen LogP contribution in [0.2, 0.25) is 0 Å². The Hall–Kier alpha value is -2.00. The van der Waals surface area contributed by atoms with Crippen LogP contribution in [0.1, 0.15) is 21.5 Å². The van der Waals surface area contributed by atoms with Crippen LogP contribution in [0, 0.1) is 0 Å². The maximum Gasteiger partial charge on any atom is 0.193 e. The Kier molecular flexibility index (Phi) is 4.42. The molecule has 0 radical (unpaired) electrons. The van der Waals surface area contributed by atoms with E-state index in [2.05, 4.69) is 15.9 Å². The normalized spacial score (nSPS) is 10.6. The van der Waals surface area contributed by atoms with E-state index in [9.17, 15) is 9.59 Å². The third kappa shape index (κ3) is 3.48. The first-order chi connectivity index (χ1) is 9.20. The van der Waals surface area contributed by atoms with Crippen LogP contribution < -0.4 is 0 Å². The lowest BCUT2D eigenvalue weighted by atomic mass is 10.0. The molecule has 0 heterocycles. The molecule has 94 valence electrons. The lowest BCUT2D eigenvalue weighted by molar-refractivity contribution is -0.104. The van der Waals surface area contributed by atoms with Gasteiger partial charge in [-0.25, -0.2) is 0 Å². The van der Waals surface area contributed by atoms with Crippen molar-refractivity contribution in [3.63, 3.8) is 0 Å². The van der Waals surface area contributed by atoms with E-state index >= 15 is 0 Å². The van der Waals surface area contributed by atoms with Gasteiger partial charge in [-0.1, -0.05) is 46.3 Å². The molecule has 0 aliphatic heterocycles. The monoisotopic (exact) mass is 314 g/mol. The molecule has 0 saturated carbocycles. The Morgan fingerprint density at radius 3 is 1.95 bits per heavy atom. The van der Waals surface area contributed by atoms with Gasteiger partial charge >= 0.3 is 0 Å². The van der Waals surface area contributed by atoms with E-state index in [-0.39, 0.29) is 5.78 Å². The fourth-order valence-corrected chi connectivity index (χ4v) is 1.93. The van der Waals surface area contributed by atoms with Gasteiger partial charge in [-0.3, -0.25) is 9.59 Å². The van der Waals surface area contributed by atoms with Gasteiger partial charge in [0.05, 0.1) is 0 Å². The summed E-state index contributed by atoms with van der Waals surface area (Å²) in [6, 6.07) is 14.4. The number of ketones is 1. The zero-order valence-electron chi connectivity index (χ0n) is 10.0. The first kappa shape index (κ1) is 13.4. The number of carbonyl (C=O) groups is 2. The van der Waals surface area contributed by atoms with Crippen molar-refractivity contribution in [3.8, 4) is 0 Å². The van der Waals surface area contributed by atoms with E-state index in [0.717, 1.165) is 16.3 Å². The minimum atomic E-state index is -0.0154. The maximum absolute atomic E-state index is 12.2. The fourth-order valence-electron chi connectivity index (χ4n) is 1.66. The summed E-state index contributed by atoms with van der Waals surface area (Å²) in [5.74, 6) is -0.0154. The van der Waals surface area contributed by atoms with E-state index in [1.165, 1.54) is 6.08 Å². The number of rotatable bonds is 4. The second-order valence-electron chi connectivity index (χ2n) is 3.95. The number of aldehydes is 1. The molecule has 0 aliphatic rings. The Labute approximate surface area is 119 Å². The third-order valence-corrected chi connectivity index (χ3v) is 3.18. The largest absolute Gasteiger partial charge is 0.299 e. The Balaban J connectivity index is 2.22. The third-order valence-electron chi connectivity index (χ3n) is 2.65. The van der Waals surface area contributed by atoms with E-state index in [1.807, 2.05) is 24.3 Å². The second-order valence-corrected chi connectivity index (χ2v) is 4.87. The van der Waals surface area contributed by atoms with Crippen molar-refractivity contribution in [2.24, 2.45) is 0 Å². The predicted octanol–water partition coefficient (Wildman–Crippen LogP) is 3.89. The molecule has 0 aromatic heterocycles. The van der Waals surface area contributed by atoms with Gasteiger partial charge in [0.25, 0.3) is 0 Å². The van der Waals surface area contributed by atoms with Crippen LogP contribution in [0.4, 0.5) is 0 Å². The molecule has 2 nitrogen and oxygen atoms in total. The minimum Gasteiger partial charge on any atom is -0.299 e. The number of hydrogen-bond acceptors (Lipinski definition) is 2. The highest BCUT2D eigenvalue weighted by Crippen LogP contribution is 2.15. The average Bonchev–Trinajstić information content (AvgIpc) is 2.46. The Morgan fingerprint density at radius 1 is 0.895 bits per heavy atom. The van der Waals surface area contributed by atoms with Crippen molar-refractivity contribution in [2.45, 2.75) is 0 Å². The molecule has 2 aromatic rings. The fraction of sp³-hybridized carbons (Fsp3) is 0. The van der Waals surface area contributed by atoms with Crippen LogP contribution >= 0.6 is 15.9 Å². The number of carbonyl (C=O) groups excluding carboxylic acids is 2. The standard InChI is InChI=1S/C16H11BrO2/c17-15-9-7-14(8-10-15)16(19)13-5-3-12(4-6-13)2-1-11-18/h1-11H/b2-1+. The lowest BCUT2D eigenvalue weighted by Crippen LogP contribution is -2.00. The smallest absolute Gasteiger partial charge is 0.193 e. The molecule has 0 atom stereocenters. The van der Waals surface area contributed by atoms with Gasteiger partial charge in [0.15, 0.2) is 5.78 Å². The zero-order chi connectivity index (χ0) is 13.7. The van der Waals surface area contributed by atoms with Crippen LogP contribution in [0.25, 0.3) is 6.08 Å². The van der Waals surface area contributed by atoms with Gasteiger partial charge in [0.1, 0.15) is 6.29 Å². The molecule has 2 aromatic carbocycles. The van der Waals surface area contributed by atoms with Gasteiger partial charge in [-0.15, -0.1) is 0 Å². The highest BCUT2D eigenvalue weighted by atomic mass is 79.9. The SMILES string of the molecule is O=C/C=C/c1ccc(C(=O)c2ccc(Br)cc2)cc1. The first-order valence-corrected chi connectivity index (χ1v) is 6.52. The summed E-state index contributed by atoms with van der Waals surface area (Å²) < 4.78 is 0.943. The summed E-state index contributed by atoms with van der Waals surface area (Å²) in [6.07, 6.45) is 3.84. The molecular formula is C16H11BrO2. The van der Waals surface area contributed by atoms with Crippen LogP contribution in [0.3, 0.4) is 0 Å². The molecule has 0 aliphatic carbocycles. The van der Waals surface area contributed by atoms with Crippen molar-refractivity contribution in [3.05, 3.63) is 75.8 Å². The van der Waals surface area contributed by atoms with E-state index in [1.54, 1.807) is 30.3 Å². The number of halogens is 1. The molecule has 0 amide bonds. The molecule has 3 heteroatoms. The van der Waals surface area contributed by atoms with Crippen molar-refractivity contribution in [2.75, 3.05) is 0 Å². The zero-order valence-corrected chi connectivity index (χ0v) is 11.6. The average molecular weight is 315 g/mol. The summed E-state index contributed by atoms with van der Waals surface area (Å²) in [5, 5.41) is 0. The summed E-state index contributed by atoms with van der Waals surface area (Å²) in [5.41, 5.74) is 2.17. The van der Waals surface area contributed by atoms with Crippen molar-refractivity contribution in [1.29, 1.82) is 0 Å². The molecule has 0 bridgehead atoms. The van der Waals surface area contributed by atoms with Gasteiger partial charge in [0.2, 0.25) is 0 Å². The second kappa shape index (κ2) is 6.25. The van der Waals surface area contributed by atoms with Gasteiger partial charge < -0.3 is 0 Å². The van der Waals surface area contributed by atoms with Crippen LogP contribution in [-0.4, -0.2) is 12.1 Å². The number of allylic oxidation sites excluding steroid dienone is 1. The highest BCUT2D eigenvalue weighted by Gasteiger charge is 2.08. The summed E-state index contributed by atoms with van der Waals surface area (Å²) in [7, 11) is 0. The molecule has 0 spiro atoms. The van der Waals surface area contributed by atoms with Crippen LogP contribution in [0.15, 0.2) is 59.1 Å². The summed E-state index contributed by atoms with van der Waals surface area (Å²) >= 11 is 3.34. The van der Waals surface area contributed by atoms with Gasteiger partial charge in [-0.05, 0) is 35.9 Å². The molecule has 19 heavy (non-hydrogen) atoms. The quantitative estimate of drug-likeness (QED) is 0.487. The molecular weight excluding hydrogens is 304 g/mol. The van der Waals surface area contributed by atoms with E-state index in [4.69, 9.17) is 0 Å². The van der Waals surface area contributed by atoms with Crippen molar-refractivity contribution < 1.29 is 9.59 Å². The molecule has 0 saturated heterocycles. The van der Waals surface area contributed by atoms with Crippen molar-refractivity contribution >= 4 is 34.1 Å². The number of hydrogen-bond donors (Lipinski definition) is 0. The molecule has 0 unspecified atom stereocenters. The highest BCUT2D eigenvalue weighted by molar-refractivity contribution is 9.10. The van der Waals surface area contributed by atoms with Crippen LogP contribution in [0.5, 0.6) is 0 Å². The maximum atomic E-state index is 12.2. The minimum absolute atomic E-state index is 0.0154. The topological polar surface area (TPSA) is 34.1 Å². The van der Waals surface area contributed by atoms with E-state index in [0.29, 0.717) is 11.1 Å². The molecule has 2 rings (SSSR count). The van der Waals surface area contributed by atoms with Crippen molar-refractivity contribution in [1.82, 2.24) is 0 Å². The lowest BCUT2D eigenvalue weighted by Gasteiger charge is -2.02. The summed E-state index contributed by atoms with van der Waals surface area (Å²) in [6.45, 7) is 0. The molecule has 0 N–H and O–H groups in total. The van der Waals surface area contributed by atoms with Gasteiger partial charge in [-0.2, -0.15) is 0 Å². The Morgan fingerprint density at radius 2 is 1.42 bits per heavy atom. The molecule has 0 fully saturated rings. The number of benzene rings is 2. The predicted molar refractivity (Wildman–Crippen MR) is 79.1 cm³/mol. The first-order valence-electron chi connectivity index (χ1n) is 5.73. The van der Waals surface area contributed by atoms with Gasteiger partial charge in [0, 0.05) is 15.6 Å². The van der Waals surface area contributed by atoms with E-state index < -0.39 is 0 Å².